The van der Waals surface area contributed by atoms with Gasteiger partial charge in [0.05, 0.1) is 18.1 Å². The topological polar surface area (TPSA) is 72.5 Å². The number of sulfone groups is 1. The van der Waals surface area contributed by atoms with Gasteiger partial charge in [0.25, 0.3) is 0 Å². The van der Waals surface area contributed by atoms with Crippen molar-refractivity contribution in [2.24, 2.45) is 0 Å². The zero-order valence-electron chi connectivity index (χ0n) is 8.40. The van der Waals surface area contributed by atoms with Crippen molar-refractivity contribution < 1.29 is 17.9 Å². The van der Waals surface area contributed by atoms with E-state index in [0.29, 0.717) is 12.3 Å². The number of carbonyl (C=O) groups excluding carboxylic acids is 1. The average Bonchev–Trinajstić information content (AvgIpc) is 2.16. The van der Waals surface area contributed by atoms with Crippen LogP contribution in [0.5, 0.6) is 0 Å². The molecule has 1 aliphatic rings. The van der Waals surface area contributed by atoms with Gasteiger partial charge in [-0.1, -0.05) is 0 Å². The standard InChI is InChI=1S/C8H15NO4S2/c10-8-7-13-2-5-15(11,12)6-4-14-3-1-9-8/h1-7H2,(H,9,10). The molecule has 0 radical (unpaired) electrons. The number of nitrogens with one attached hydrogen (secondary N) is 1. The minimum Gasteiger partial charge on any atom is -0.371 e. The molecular formula is C8H15NO4S2. The van der Waals surface area contributed by atoms with E-state index in [0.717, 1.165) is 5.75 Å². The molecule has 0 atom stereocenters. The molecule has 0 bridgehead atoms. The fraction of sp³-hybridized carbons (Fsp3) is 0.875. The molecule has 1 amide bonds. The highest BCUT2D eigenvalue weighted by atomic mass is 32.2. The Bertz CT molecular complexity index is 302. The number of carbonyl (C=O) groups is 1. The van der Waals surface area contributed by atoms with Crippen molar-refractivity contribution in [2.45, 2.75) is 0 Å². The van der Waals surface area contributed by atoms with E-state index in [-0.39, 0.29) is 30.6 Å². The van der Waals surface area contributed by atoms with Crippen molar-refractivity contribution in [3.63, 3.8) is 0 Å². The van der Waals surface area contributed by atoms with Crippen molar-refractivity contribution in [3.05, 3.63) is 0 Å². The van der Waals surface area contributed by atoms with Gasteiger partial charge in [-0.05, 0) is 0 Å². The van der Waals surface area contributed by atoms with E-state index >= 15 is 0 Å². The second-order valence-electron chi connectivity index (χ2n) is 3.17. The van der Waals surface area contributed by atoms with Crippen LogP contribution in [0.3, 0.4) is 0 Å². The third-order valence-electron chi connectivity index (χ3n) is 1.88. The fourth-order valence-corrected chi connectivity index (χ4v) is 3.57. The Balaban J connectivity index is 2.42. The van der Waals surface area contributed by atoms with E-state index < -0.39 is 9.84 Å². The summed E-state index contributed by atoms with van der Waals surface area (Å²) < 4.78 is 27.7. The quantitative estimate of drug-likeness (QED) is 0.617. The van der Waals surface area contributed by atoms with Gasteiger partial charge in [0.15, 0.2) is 9.84 Å². The lowest BCUT2D eigenvalue weighted by Crippen LogP contribution is -2.31. The van der Waals surface area contributed by atoms with Gasteiger partial charge in [-0.25, -0.2) is 8.42 Å². The molecule has 0 aromatic heterocycles. The number of hydrogen-bond acceptors (Lipinski definition) is 5. The monoisotopic (exact) mass is 253 g/mol. The van der Waals surface area contributed by atoms with Gasteiger partial charge in [-0.2, -0.15) is 11.8 Å². The summed E-state index contributed by atoms with van der Waals surface area (Å²) in [6, 6.07) is 0. The number of thioether (sulfide) groups is 1. The summed E-state index contributed by atoms with van der Waals surface area (Å²) in [5.41, 5.74) is 0. The Morgan fingerprint density at radius 1 is 1.27 bits per heavy atom. The van der Waals surface area contributed by atoms with Crippen molar-refractivity contribution in [1.82, 2.24) is 5.32 Å². The maximum atomic E-state index is 11.4. The van der Waals surface area contributed by atoms with Crippen LogP contribution in [0.1, 0.15) is 0 Å². The highest BCUT2D eigenvalue weighted by Crippen LogP contribution is 2.02. The Labute approximate surface area is 93.9 Å². The van der Waals surface area contributed by atoms with Gasteiger partial charge in [0.1, 0.15) is 6.61 Å². The summed E-state index contributed by atoms with van der Waals surface area (Å²) in [6.45, 7) is 0.605. The van der Waals surface area contributed by atoms with Crippen LogP contribution in [0.4, 0.5) is 0 Å². The molecule has 88 valence electrons. The summed E-state index contributed by atoms with van der Waals surface area (Å²) >= 11 is 1.54. The lowest BCUT2D eigenvalue weighted by molar-refractivity contribution is -0.125. The summed E-state index contributed by atoms with van der Waals surface area (Å²) in [4.78, 5) is 11.1. The predicted molar refractivity (Wildman–Crippen MR) is 59.8 cm³/mol. The van der Waals surface area contributed by atoms with E-state index in [1.165, 1.54) is 11.8 Å². The van der Waals surface area contributed by atoms with E-state index in [1.54, 1.807) is 0 Å². The fourth-order valence-electron chi connectivity index (χ4n) is 1.05. The van der Waals surface area contributed by atoms with Crippen LogP contribution in [-0.4, -0.2) is 57.1 Å². The van der Waals surface area contributed by atoms with Gasteiger partial charge in [-0.3, -0.25) is 4.79 Å². The molecular weight excluding hydrogens is 238 g/mol. The summed E-state index contributed by atoms with van der Waals surface area (Å²) in [5.74, 6) is 1.32. The van der Waals surface area contributed by atoms with Crippen LogP contribution in [0, 0.1) is 0 Å². The highest BCUT2D eigenvalue weighted by molar-refractivity contribution is 8.00. The van der Waals surface area contributed by atoms with Crippen molar-refractivity contribution in [1.29, 1.82) is 0 Å². The van der Waals surface area contributed by atoms with Crippen molar-refractivity contribution >= 4 is 27.5 Å². The maximum absolute atomic E-state index is 11.4. The van der Waals surface area contributed by atoms with Crippen LogP contribution in [0.25, 0.3) is 0 Å². The lowest BCUT2D eigenvalue weighted by atomic mass is 10.6. The molecule has 0 aromatic rings. The van der Waals surface area contributed by atoms with Gasteiger partial charge in [-0.15, -0.1) is 0 Å². The van der Waals surface area contributed by atoms with E-state index in [4.69, 9.17) is 4.74 Å². The minimum atomic E-state index is -3.01. The van der Waals surface area contributed by atoms with Gasteiger partial charge < -0.3 is 10.1 Å². The number of amides is 1. The van der Waals surface area contributed by atoms with Crippen LogP contribution in [0.2, 0.25) is 0 Å². The first-order valence-corrected chi connectivity index (χ1v) is 7.70. The normalized spacial score (nSPS) is 24.7. The lowest BCUT2D eigenvalue weighted by Gasteiger charge is -2.09. The summed E-state index contributed by atoms with van der Waals surface area (Å²) in [7, 11) is -3.01. The number of rotatable bonds is 0. The first-order valence-electron chi connectivity index (χ1n) is 4.73. The Kier molecular flexibility index (Phi) is 5.41. The molecule has 1 aliphatic heterocycles. The SMILES string of the molecule is O=C1COCCS(=O)(=O)CCSCCN1. The third-order valence-corrected chi connectivity index (χ3v) is 4.74. The second kappa shape index (κ2) is 6.34. The van der Waals surface area contributed by atoms with Gasteiger partial charge >= 0.3 is 0 Å². The molecule has 7 heteroatoms. The molecule has 0 unspecified atom stereocenters. The van der Waals surface area contributed by atoms with Crippen LogP contribution < -0.4 is 5.32 Å². The second-order valence-corrected chi connectivity index (χ2v) is 6.70. The molecule has 0 spiro atoms. The molecule has 1 heterocycles. The molecule has 1 N–H and O–H groups in total. The smallest absolute Gasteiger partial charge is 0.246 e. The van der Waals surface area contributed by atoms with Crippen molar-refractivity contribution in [3.8, 4) is 0 Å². The van der Waals surface area contributed by atoms with E-state index in [1.807, 2.05) is 0 Å². The van der Waals surface area contributed by atoms with Gasteiger partial charge in [0.2, 0.25) is 5.91 Å². The third kappa shape index (κ3) is 6.01. The number of hydrogen-bond donors (Lipinski definition) is 1. The molecule has 15 heavy (non-hydrogen) atoms. The van der Waals surface area contributed by atoms with Gasteiger partial charge in [0, 0.05) is 18.1 Å². The zero-order chi connectivity index (χ0) is 11.1. The molecule has 1 fully saturated rings. The molecule has 0 aliphatic carbocycles. The molecule has 0 saturated carbocycles. The molecule has 1 saturated heterocycles. The molecule has 5 nitrogen and oxygen atoms in total. The number of ether oxygens (including phenoxy) is 1. The Morgan fingerprint density at radius 2 is 2.07 bits per heavy atom. The highest BCUT2D eigenvalue weighted by Gasteiger charge is 2.12. The van der Waals surface area contributed by atoms with Crippen LogP contribution >= 0.6 is 11.8 Å². The first-order chi connectivity index (χ1) is 7.10. The van der Waals surface area contributed by atoms with E-state index in [9.17, 15) is 13.2 Å². The molecule has 0 aromatic carbocycles. The summed E-state index contributed by atoms with van der Waals surface area (Å²) in [6.07, 6.45) is 0. The van der Waals surface area contributed by atoms with Crippen molar-refractivity contribution in [2.75, 3.05) is 42.8 Å². The largest absolute Gasteiger partial charge is 0.371 e. The molecule has 1 rings (SSSR count). The van der Waals surface area contributed by atoms with Crippen LogP contribution in [0.15, 0.2) is 0 Å². The Morgan fingerprint density at radius 3 is 2.87 bits per heavy atom. The predicted octanol–water partition coefficient (Wildman–Crippen LogP) is -0.719. The van der Waals surface area contributed by atoms with Crippen LogP contribution in [-0.2, 0) is 19.4 Å². The van der Waals surface area contributed by atoms with E-state index in [2.05, 4.69) is 5.32 Å². The Hall–Kier alpha value is -0.270. The minimum absolute atomic E-state index is 0.000833. The first kappa shape index (κ1) is 12.8. The maximum Gasteiger partial charge on any atom is 0.246 e. The average molecular weight is 253 g/mol. The zero-order valence-corrected chi connectivity index (χ0v) is 10.0. The summed E-state index contributed by atoms with van der Waals surface area (Å²) in [5, 5.41) is 2.69.